The highest BCUT2D eigenvalue weighted by Gasteiger charge is 2.64. The minimum atomic E-state index is 0.685. The molecule has 0 heterocycles. The molecule has 3 rings (SSSR count). The molecule has 2 bridgehead atoms. The lowest BCUT2D eigenvalue weighted by molar-refractivity contribution is -0.117. The molecule has 3 aliphatic carbocycles. The fourth-order valence-corrected chi connectivity index (χ4v) is 4.84. The zero-order valence-electron chi connectivity index (χ0n) is 8.51. The van der Waals surface area contributed by atoms with Gasteiger partial charge in [0.1, 0.15) is 0 Å². The first-order valence-electron chi connectivity index (χ1n) is 5.62. The molecular formula is C12H20. The molecule has 0 spiro atoms. The standard InChI is InChI=1S/C12H20/c1-7-10-8-4-5-9(6-8)11(10)12(7,2)3/h7-11H,4-6H2,1-3H3. The molecule has 0 heteroatoms. The Balaban J connectivity index is 1.94. The molecule has 5 unspecified atom stereocenters. The van der Waals surface area contributed by atoms with Gasteiger partial charge in [-0.25, -0.2) is 0 Å². The second-order valence-electron chi connectivity index (χ2n) is 6.05. The predicted molar refractivity (Wildman–Crippen MR) is 50.8 cm³/mol. The molecular weight excluding hydrogens is 144 g/mol. The summed E-state index contributed by atoms with van der Waals surface area (Å²) in [4.78, 5) is 0. The molecule has 12 heavy (non-hydrogen) atoms. The number of hydrogen-bond acceptors (Lipinski definition) is 0. The van der Waals surface area contributed by atoms with Gasteiger partial charge in [0.25, 0.3) is 0 Å². The number of rotatable bonds is 0. The molecule has 0 nitrogen and oxygen atoms in total. The molecule has 3 aliphatic rings. The van der Waals surface area contributed by atoms with Gasteiger partial charge in [-0.3, -0.25) is 0 Å². The Morgan fingerprint density at radius 1 is 1.08 bits per heavy atom. The lowest BCUT2D eigenvalue weighted by atomic mass is 9.45. The maximum Gasteiger partial charge on any atom is -0.0292 e. The fourth-order valence-electron chi connectivity index (χ4n) is 4.84. The maximum atomic E-state index is 2.50. The molecule has 0 N–H and O–H groups in total. The van der Waals surface area contributed by atoms with Crippen LogP contribution >= 0.6 is 0 Å². The molecule has 68 valence electrons. The minimum Gasteiger partial charge on any atom is -0.0617 e. The Morgan fingerprint density at radius 3 is 2.42 bits per heavy atom. The SMILES string of the molecule is CC1C2C3CCC(C3)C2C1(C)C. The Bertz CT molecular complexity index is 216. The van der Waals surface area contributed by atoms with Gasteiger partial charge in [0, 0.05) is 0 Å². The van der Waals surface area contributed by atoms with Gasteiger partial charge in [-0.2, -0.15) is 0 Å². The van der Waals surface area contributed by atoms with Crippen molar-refractivity contribution in [2.75, 3.05) is 0 Å². The molecule has 0 aliphatic heterocycles. The summed E-state index contributed by atoms with van der Waals surface area (Å²) >= 11 is 0. The van der Waals surface area contributed by atoms with Crippen LogP contribution in [0.1, 0.15) is 40.0 Å². The monoisotopic (exact) mass is 164 g/mol. The van der Waals surface area contributed by atoms with Crippen molar-refractivity contribution >= 4 is 0 Å². The van der Waals surface area contributed by atoms with E-state index in [1.807, 2.05) is 0 Å². The van der Waals surface area contributed by atoms with Crippen molar-refractivity contribution in [1.82, 2.24) is 0 Å². The van der Waals surface area contributed by atoms with E-state index in [0.29, 0.717) is 5.41 Å². The normalized spacial score (nSPS) is 59.8. The van der Waals surface area contributed by atoms with E-state index in [4.69, 9.17) is 0 Å². The largest absolute Gasteiger partial charge is 0.0617 e. The van der Waals surface area contributed by atoms with Gasteiger partial charge in [0.2, 0.25) is 0 Å². The highest BCUT2D eigenvalue weighted by molar-refractivity contribution is 5.12. The molecule has 0 saturated heterocycles. The van der Waals surface area contributed by atoms with E-state index in [-0.39, 0.29) is 0 Å². The lowest BCUT2D eigenvalue weighted by Crippen LogP contribution is -2.54. The molecule has 0 aromatic heterocycles. The maximum absolute atomic E-state index is 2.50. The quantitative estimate of drug-likeness (QED) is 0.515. The average Bonchev–Trinajstić information content (AvgIpc) is 2.59. The van der Waals surface area contributed by atoms with Crippen LogP contribution in [0.15, 0.2) is 0 Å². The van der Waals surface area contributed by atoms with Crippen LogP contribution < -0.4 is 0 Å². The topological polar surface area (TPSA) is 0 Å². The molecule has 0 radical (unpaired) electrons. The van der Waals surface area contributed by atoms with E-state index >= 15 is 0 Å². The summed E-state index contributed by atoms with van der Waals surface area (Å²) < 4.78 is 0. The van der Waals surface area contributed by atoms with Crippen LogP contribution in [-0.2, 0) is 0 Å². The van der Waals surface area contributed by atoms with Crippen molar-refractivity contribution in [1.29, 1.82) is 0 Å². The van der Waals surface area contributed by atoms with Crippen LogP contribution in [0.3, 0.4) is 0 Å². The Kier molecular flexibility index (Phi) is 1.18. The zero-order valence-corrected chi connectivity index (χ0v) is 8.51. The first-order valence-corrected chi connectivity index (χ1v) is 5.62. The third kappa shape index (κ3) is 0.592. The van der Waals surface area contributed by atoms with Crippen LogP contribution in [-0.4, -0.2) is 0 Å². The van der Waals surface area contributed by atoms with E-state index in [1.54, 1.807) is 19.3 Å². The second-order valence-corrected chi connectivity index (χ2v) is 6.05. The first-order chi connectivity index (χ1) is 5.62. The van der Waals surface area contributed by atoms with Gasteiger partial charge >= 0.3 is 0 Å². The Labute approximate surface area is 75.7 Å². The molecule has 0 aromatic rings. The average molecular weight is 164 g/mol. The summed E-state index contributed by atoms with van der Waals surface area (Å²) in [5, 5.41) is 0. The van der Waals surface area contributed by atoms with Gasteiger partial charge in [-0.15, -0.1) is 0 Å². The van der Waals surface area contributed by atoms with E-state index in [2.05, 4.69) is 20.8 Å². The number of fused-ring (bicyclic) bond motifs is 5. The lowest BCUT2D eigenvalue weighted by Gasteiger charge is -2.60. The second kappa shape index (κ2) is 1.91. The van der Waals surface area contributed by atoms with Gasteiger partial charge in [0.15, 0.2) is 0 Å². The predicted octanol–water partition coefficient (Wildman–Crippen LogP) is 3.32. The molecule has 5 atom stereocenters. The van der Waals surface area contributed by atoms with Crippen LogP contribution in [0, 0.1) is 35.0 Å². The third-order valence-corrected chi connectivity index (χ3v) is 5.59. The van der Waals surface area contributed by atoms with Crippen LogP contribution in [0.5, 0.6) is 0 Å². The van der Waals surface area contributed by atoms with Crippen molar-refractivity contribution < 1.29 is 0 Å². The summed E-state index contributed by atoms with van der Waals surface area (Å²) in [5.74, 6) is 5.54. The van der Waals surface area contributed by atoms with Gasteiger partial charge in [-0.1, -0.05) is 20.8 Å². The molecule has 3 saturated carbocycles. The minimum absolute atomic E-state index is 0.685. The van der Waals surface area contributed by atoms with Crippen LogP contribution in [0.25, 0.3) is 0 Å². The van der Waals surface area contributed by atoms with E-state index in [0.717, 1.165) is 29.6 Å². The van der Waals surface area contributed by atoms with E-state index in [9.17, 15) is 0 Å². The third-order valence-electron chi connectivity index (χ3n) is 5.59. The molecule has 0 amide bonds. The van der Waals surface area contributed by atoms with Gasteiger partial charge in [0.05, 0.1) is 0 Å². The molecule has 3 fully saturated rings. The summed E-state index contributed by atoms with van der Waals surface area (Å²) in [6.45, 7) is 7.49. The van der Waals surface area contributed by atoms with E-state index in [1.165, 1.54) is 0 Å². The van der Waals surface area contributed by atoms with Crippen molar-refractivity contribution in [3.63, 3.8) is 0 Å². The van der Waals surface area contributed by atoms with Crippen LogP contribution in [0.2, 0.25) is 0 Å². The van der Waals surface area contributed by atoms with Crippen LogP contribution in [0.4, 0.5) is 0 Å². The highest BCUT2D eigenvalue weighted by atomic mass is 14.7. The zero-order chi connectivity index (χ0) is 8.51. The Hall–Kier alpha value is 0. The first kappa shape index (κ1) is 7.41. The van der Waals surface area contributed by atoms with Gasteiger partial charge < -0.3 is 0 Å². The van der Waals surface area contributed by atoms with Crippen molar-refractivity contribution in [3.05, 3.63) is 0 Å². The Morgan fingerprint density at radius 2 is 1.75 bits per heavy atom. The smallest absolute Gasteiger partial charge is 0.0292 e. The fraction of sp³-hybridized carbons (Fsp3) is 1.00. The van der Waals surface area contributed by atoms with Gasteiger partial charge in [-0.05, 0) is 54.3 Å². The highest BCUT2D eigenvalue weighted by Crippen LogP contribution is 2.71. The summed E-state index contributed by atoms with van der Waals surface area (Å²) in [7, 11) is 0. The molecule has 0 aromatic carbocycles. The summed E-state index contributed by atoms with van der Waals surface area (Å²) in [6.07, 6.45) is 4.71. The van der Waals surface area contributed by atoms with Crippen molar-refractivity contribution in [3.8, 4) is 0 Å². The van der Waals surface area contributed by atoms with Crippen molar-refractivity contribution in [2.45, 2.75) is 40.0 Å². The summed E-state index contributed by atoms with van der Waals surface area (Å²) in [5.41, 5.74) is 0.685. The van der Waals surface area contributed by atoms with E-state index < -0.39 is 0 Å². The summed E-state index contributed by atoms with van der Waals surface area (Å²) in [6, 6.07) is 0. The van der Waals surface area contributed by atoms with Crippen molar-refractivity contribution in [2.24, 2.45) is 35.0 Å². The number of hydrogen-bond donors (Lipinski definition) is 0.